The van der Waals surface area contributed by atoms with E-state index in [0.717, 1.165) is 12.1 Å². The Bertz CT molecular complexity index is 484. The van der Waals surface area contributed by atoms with E-state index >= 15 is 0 Å². The summed E-state index contributed by atoms with van der Waals surface area (Å²) in [7, 11) is 0. The molecule has 0 saturated carbocycles. The summed E-state index contributed by atoms with van der Waals surface area (Å²) in [6.07, 6.45) is -5.07. The lowest BCUT2D eigenvalue weighted by atomic mass is 10.1. The van der Waals surface area contributed by atoms with Crippen LogP contribution >= 0.6 is 15.9 Å². The molecule has 7 heteroatoms. The molecule has 98 valence electrons. The second-order valence-corrected chi connectivity index (χ2v) is 4.91. The van der Waals surface area contributed by atoms with Crippen molar-refractivity contribution in [3.05, 3.63) is 33.8 Å². The third-order valence-corrected chi connectivity index (χ3v) is 3.37. The van der Waals surface area contributed by atoms with Gasteiger partial charge in [0.05, 0.1) is 17.2 Å². The molecule has 2 rings (SSSR count). The molecule has 0 aromatic heterocycles. The average molecular weight is 324 g/mol. The van der Waals surface area contributed by atoms with E-state index in [0.29, 0.717) is 4.47 Å². The van der Waals surface area contributed by atoms with Crippen LogP contribution in [-0.2, 0) is 6.18 Å². The van der Waals surface area contributed by atoms with Crippen molar-refractivity contribution in [3.8, 4) is 0 Å². The number of aliphatic hydroxyl groups excluding tert-OH is 1. The first kappa shape index (κ1) is 13.4. The lowest BCUT2D eigenvalue weighted by molar-refractivity contribution is -0.137. The van der Waals surface area contributed by atoms with E-state index in [1.54, 1.807) is 0 Å². The third-order valence-electron chi connectivity index (χ3n) is 2.67. The highest BCUT2D eigenvalue weighted by Gasteiger charge is 2.34. The zero-order valence-electron chi connectivity index (χ0n) is 9.04. The molecule has 0 atom stereocenters. The molecular weight excluding hydrogens is 315 g/mol. The first-order chi connectivity index (χ1) is 8.29. The highest BCUT2D eigenvalue weighted by atomic mass is 79.9. The number of rotatable bonds is 1. The summed E-state index contributed by atoms with van der Waals surface area (Å²) in [5.74, 6) is -0.515. The second-order valence-electron chi connectivity index (χ2n) is 4.06. The van der Waals surface area contributed by atoms with Crippen molar-refractivity contribution in [2.45, 2.75) is 12.3 Å². The molecule has 1 fully saturated rings. The van der Waals surface area contributed by atoms with Gasteiger partial charge in [-0.1, -0.05) is 0 Å². The van der Waals surface area contributed by atoms with Gasteiger partial charge in [0.2, 0.25) is 0 Å². The van der Waals surface area contributed by atoms with E-state index in [1.165, 1.54) is 11.0 Å². The minimum atomic E-state index is -4.48. The Labute approximate surface area is 109 Å². The first-order valence-electron chi connectivity index (χ1n) is 5.13. The van der Waals surface area contributed by atoms with Gasteiger partial charge >= 0.3 is 6.18 Å². The monoisotopic (exact) mass is 323 g/mol. The van der Waals surface area contributed by atoms with Gasteiger partial charge in [0.25, 0.3) is 5.91 Å². The zero-order chi connectivity index (χ0) is 13.5. The SMILES string of the molecule is O=C(c1cc(C(F)(F)F)ccc1Br)N1CC(O)C1. The molecule has 1 aliphatic heterocycles. The molecular formula is C11H9BrF3NO2. The Morgan fingerprint density at radius 3 is 2.50 bits per heavy atom. The Balaban J connectivity index is 2.29. The first-order valence-corrected chi connectivity index (χ1v) is 5.92. The van der Waals surface area contributed by atoms with E-state index in [-0.39, 0.29) is 18.7 Å². The number of hydrogen-bond acceptors (Lipinski definition) is 2. The Kier molecular flexibility index (Phi) is 3.37. The van der Waals surface area contributed by atoms with Crippen LogP contribution in [0.5, 0.6) is 0 Å². The van der Waals surface area contributed by atoms with Crippen molar-refractivity contribution in [1.29, 1.82) is 0 Å². The normalized spacial score (nSPS) is 16.6. The van der Waals surface area contributed by atoms with Gasteiger partial charge in [0.15, 0.2) is 0 Å². The fourth-order valence-corrected chi connectivity index (χ4v) is 2.07. The zero-order valence-corrected chi connectivity index (χ0v) is 10.6. The van der Waals surface area contributed by atoms with Crippen LogP contribution in [0.1, 0.15) is 15.9 Å². The number of likely N-dealkylation sites (tertiary alicyclic amines) is 1. The molecule has 1 aromatic rings. The maximum absolute atomic E-state index is 12.5. The van der Waals surface area contributed by atoms with Crippen molar-refractivity contribution >= 4 is 21.8 Å². The molecule has 18 heavy (non-hydrogen) atoms. The number of hydrogen-bond donors (Lipinski definition) is 1. The topological polar surface area (TPSA) is 40.5 Å². The summed E-state index contributed by atoms with van der Waals surface area (Å²) in [5, 5.41) is 9.08. The molecule has 0 unspecified atom stereocenters. The lowest BCUT2D eigenvalue weighted by Gasteiger charge is -2.36. The van der Waals surface area contributed by atoms with Crippen molar-refractivity contribution in [3.63, 3.8) is 0 Å². The maximum atomic E-state index is 12.5. The third kappa shape index (κ3) is 2.51. The van der Waals surface area contributed by atoms with Gasteiger partial charge in [0, 0.05) is 17.6 Å². The lowest BCUT2D eigenvalue weighted by Crippen LogP contribution is -2.53. The van der Waals surface area contributed by atoms with Crippen molar-refractivity contribution in [2.24, 2.45) is 0 Å². The predicted octanol–water partition coefficient (Wildman–Crippen LogP) is 2.28. The molecule has 1 amide bonds. The van der Waals surface area contributed by atoms with E-state index in [2.05, 4.69) is 15.9 Å². The molecule has 1 saturated heterocycles. The number of nitrogens with zero attached hydrogens (tertiary/aromatic N) is 1. The number of halogens is 4. The highest BCUT2D eigenvalue weighted by Crippen LogP contribution is 2.32. The van der Waals surface area contributed by atoms with Crippen molar-refractivity contribution < 1.29 is 23.1 Å². The summed E-state index contributed by atoms with van der Waals surface area (Å²) in [6.45, 7) is 0.309. The summed E-state index contributed by atoms with van der Waals surface area (Å²) in [6, 6.07) is 2.93. The Morgan fingerprint density at radius 2 is 2.00 bits per heavy atom. The number of β-amino-alcohol motifs (C(OH)–C–C–N with tert-alkyl or cyclic N) is 1. The van der Waals surface area contributed by atoms with Crippen LogP contribution in [0.15, 0.2) is 22.7 Å². The van der Waals surface area contributed by atoms with Crippen LogP contribution in [0, 0.1) is 0 Å². The summed E-state index contributed by atoms with van der Waals surface area (Å²) >= 11 is 3.06. The number of carbonyl (C=O) groups is 1. The predicted molar refractivity (Wildman–Crippen MR) is 61.1 cm³/mol. The number of benzene rings is 1. The van der Waals surface area contributed by atoms with Gasteiger partial charge in [-0.15, -0.1) is 0 Å². The van der Waals surface area contributed by atoms with Crippen molar-refractivity contribution in [1.82, 2.24) is 4.90 Å². The van der Waals surface area contributed by atoms with E-state index in [1.807, 2.05) is 0 Å². The molecule has 1 heterocycles. The molecule has 1 aliphatic rings. The standard InChI is InChI=1S/C11H9BrF3NO2/c12-9-2-1-6(11(13,14)15)3-8(9)10(18)16-4-7(17)5-16/h1-3,7,17H,4-5H2. The summed E-state index contributed by atoms with van der Waals surface area (Å²) in [4.78, 5) is 13.2. The van der Waals surface area contributed by atoms with Gasteiger partial charge < -0.3 is 10.0 Å². The molecule has 0 radical (unpaired) electrons. The quantitative estimate of drug-likeness (QED) is 0.861. The van der Waals surface area contributed by atoms with Gasteiger partial charge in [-0.05, 0) is 34.1 Å². The molecule has 3 nitrogen and oxygen atoms in total. The Hall–Kier alpha value is -1.08. The highest BCUT2D eigenvalue weighted by molar-refractivity contribution is 9.10. The number of alkyl halides is 3. The van der Waals surface area contributed by atoms with E-state index in [9.17, 15) is 18.0 Å². The van der Waals surface area contributed by atoms with Crippen LogP contribution in [0.25, 0.3) is 0 Å². The molecule has 1 N–H and O–H groups in total. The largest absolute Gasteiger partial charge is 0.416 e. The van der Waals surface area contributed by atoms with Gasteiger partial charge in [-0.25, -0.2) is 0 Å². The van der Waals surface area contributed by atoms with Gasteiger partial charge in [-0.2, -0.15) is 13.2 Å². The van der Waals surface area contributed by atoms with Crippen LogP contribution in [0.3, 0.4) is 0 Å². The Morgan fingerprint density at radius 1 is 1.39 bits per heavy atom. The fraction of sp³-hybridized carbons (Fsp3) is 0.364. The minimum absolute atomic E-state index is 0.0447. The minimum Gasteiger partial charge on any atom is -0.389 e. The van der Waals surface area contributed by atoms with Crippen LogP contribution in [-0.4, -0.2) is 35.1 Å². The molecule has 1 aromatic carbocycles. The maximum Gasteiger partial charge on any atom is 0.416 e. The van der Waals surface area contributed by atoms with Crippen LogP contribution < -0.4 is 0 Å². The molecule has 0 spiro atoms. The van der Waals surface area contributed by atoms with Gasteiger partial charge in [0.1, 0.15) is 0 Å². The van der Waals surface area contributed by atoms with E-state index in [4.69, 9.17) is 5.11 Å². The van der Waals surface area contributed by atoms with Crippen LogP contribution in [0.4, 0.5) is 13.2 Å². The second kappa shape index (κ2) is 4.55. The number of amides is 1. The molecule has 0 aliphatic carbocycles. The summed E-state index contributed by atoms with van der Waals surface area (Å²) < 4.78 is 37.9. The van der Waals surface area contributed by atoms with Crippen LogP contribution in [0.2, 0.25) is 0 Å². The molecule has 0 bridgehead atoms. The van der Waals surface area contributed by atoms with Gasteiger partial charge in [-0.3, -0.25) is 4.79 Å². The number of carbonyl (C=O) groups excluding carboxylic acids is 1. The van der Waals surface area contributed by atoms with Crippen molar-refractivity contribution in [2.75, 3.05) is 13.1 Å². The average Bonchev–Trinajstić information content (AvgIpc) is 2.23. The number of aliphatic hydroxyl groups is 1. The smallest absolute Gasteiger partial charge is 0.389 e. The van der Waals surface area contributed by atoms with E-state index < -0.39 is 23.8 Å². The fourth-order valence-electron chi connectivity index (χ4n) is 1.66. The summed E-state index contributed by atoms with van der Waals surface area (Å²) in [5.41, 5.74) is -0.910.